The third-order valence-corrected chi connectivity index (χ3v) is 9.82. The molecule has 0 aliphatic carbocycles. The Morgan fingerprint density at radius 3 is 2.03 bits per heavy atom. The molecule has 0 atom stereocenters. The van der Waals surface area contributed by atoms with Gasteiger partial charge in [0.05, 0.1) is 54.7 Å². The Morgan fingerprint density at radius 1 is 0.644 bits per heavy atom. The molecule has 3 heterocycles. The summed E-state index contributed by atoms with van der Waals surface area (Å²) < 4.78 is 15.2. The number of phenolic OH excluding ortho intramolecular Hbond substituents is 3. The second-order valence-electron chi connectivity index (χ2n) is 13.3. The average Bonchev–Trinajstić information content (AvgIpc) is 3.26. The van der Waals surface area contributed by atoms with E-state index in [-0.39, 0.29) is 51.0 Å². The smallest absolute Gasteiger partial charge is 0.272 e. The van der Waals surface area contributed by atoms with Crippen LogP contribution in [0.4, 0.5) is 0 Å². The van der Waals surface area contributed by atoms with Crippen molar-refractivity contribution >= 4 is 46.1 Å². The van der Waals surface area contributed by atoms with Crippen molar-refractivity contribution in [1.29, 1.82) is 0 Å². The fraction of sp³-hybridized carbons (Fsp3) is 0.0652. The van der Waals surface area contributed by atoms with Gasteiger partial charge in [-0.3, -0.25) is 18.7 Å². The molecule has 0 saturated heterocycles. The van der Waals surface area contributed by atoms with Crippen molar-refractivity contribution in [2.45, 2.75) is 6.61 Å². The molecule has 3 aromatic heterocycles. The number of fused-ring (bicyclic) bond motifs is 2. The number of aliphatic hydroxyl groups excluding tert-OH is 1. The van der Waals surface area contributed by atoms with E-state index in [1.165, 1.54) is 35.5 Å². The predicted octanol–water partition coefficient (Wildman–Crippen LogP) is 6.33. The lowest BCUT2D eigenvalue weighted by molar-refractivity contribution is -0.594. The van der Waals surface area contributed by atoms with Crippen molar-refractivity contribution in [1.82, 2.24) is 19.1 Å². The summed E-state index contributed by atoms with van der Waals surface area (Å²) in [6.45, 7) is -0.451. The number of aromatic hydroxyl groups is 3. The van der Waals surface area contributed by atoms with Gasteiger partial charge in [0.1, 0.15) is 22.8 Å². The van der Waals surface area contributed by atoms with E-state index in [9.17, 15) is 30.0 Å². The molecule has 0 unspecified atom stereocenters. The zero-order valence-electron chi connectivity index (χ0n) is 31.7. The summed E-state index contributed by atoms with van der Waals surface area (Å²) in [4.78, 5) is 38.0. The number of hydrogen-bond donors (Lipinski definition) is 4. The molecular formula is C46H36N5O8+. The van der Waals surface area contributed by atoms with Crippen molar-refractivity contribution in [2.24, 2.45) is 0 Å². The minimum absolute atomic E-state index is 0.0468. The molecule has 13 heteroatoms. The standard InChI is InChI=1S/C46H35N5O8/c1-58-38-17-9-10-28(43(38)54)18-20-40-48-36-22-23-49(26-34(36)46(57)50(40)31-12-4-3-5-13-31)32-24-29(44(55)39(25-32)59-2)19-21-41-47-35-15-7-6-14-33(35)45(56)51(41)42-30(27-52)11-8-16-37(42)53/h3-26,52H,27H2,1-2H3,(H2,47,53,55,56)/p+1. The molecule has 13 nitrogen and oxygen atoms in total. The van der Waals surface area contributed by atoms with E-state index in [1.807, 2.05) is 18.2 Å². The molecule has 0 bridgehead atoms. The number of nitrogens with zero attached hydrogens (tertiary/aromatic N) is 5. The van der Waals surface area contributed by atoms with Crippen molar-refractivity contribution in [3.8, 4) is 45.8 Å². The Hall–Kier alpha value is -8.03. The van der Waals surface area contributed by atoms with Gasteiger partial charge in [-0.1, -0.05) is 54.6 Å². The summed E-state index contributed by atoms with van der Waals surface area (Å²) in [7, 11) is 2.88. The number of methoxy groups -OCH3 is 2. The Morgan fingerprint density at radius 2 is 1.29 bits per heavy atom. The highest BCUT2D eigenvalue weighted by molar-refractivity contribution is 5.82. The molecule has 5 aromatic carbocycles. The van der Waals surface area contributed by atoms with E-state index in [1.54, 1.807) is 120 Å². The van der Waals surface area contributed by atoms with Crippen LogP contribution in [0.25, 0.3) is 63.2 Å². The number of hydrogen-bond acceptors (Lipinski definition) is 10. The minimum Gasteiger partial charge on any atom is -0.506 e. The third kappa shape index (κ3) is 7.02. The fourth-order valence-electron chi connectivity index (χ4n) is 6.90. The topological polar surface area (TPSA) is 173 Å². The van der Waals surface area contributed by atoms with Crippen LogP contribution in [0, 0.1) is 0 Å². The van der Waals surface area contributed by atoms with E-state index in [2.05, 4.69) is 0 Å². The van der Waals surface area contributed by atoms with Gasteiger partial charge in [0.2, 0.25) is 5.69 Å². The highest BCUT2D eigenvalue weighted by Gasteiger charge is 2.21. The first-order chi connectivity index (χ1) is 28.7. The first-order valence-corrected chi connectivity index (χ1v) is 18.3. The second-order valence-corrected chi connectivity index (χ2v) is 13.3. The molecule has 0 fully saturated rings. The van der Waals surface area contributed by atoms with Crippen LogP contribution < -0.4 is 25.2 Å². The molecule has 292 valence electrons. The van der Waals surface area contributed by atoms with Gasteiger partial charge in [-0.15, -0.1) is 0 Å². The summed E-state index contributed by atoms with van der Waals surface area (Å²) in [5.74, 6) is 0.396. The largest absolute Gasteiger partial charge is 0.506 e. The van der Waals surface area contributed by atoms with Gasteiger partial charge in [0.15, 0.2) is 35.4 Å². The molecule has 0 radical (unpaired) electrons. The van der Waals surface area contributed by atoms with Crippen LogP contribution in [0.3, 0.4) is 0 Å². The first kappa shape index (κ1) is 37.9. The SMILES string of the molecule is COc1cccc(/C=C/c2nc3cc[n+](-c4cc(/C=C/c5nc6ccccc6c(=O)n5-c5c(O)cccc5CO)c(O)c(OC)c4)cc3c(=O)n2-c2ccccc2)c1O. The minimum atomic E-state index is -0.472. The first-order valence-electron chi connectivity index (χ1n) is 18.3. The average molecular weight is 787 g/mol. The maximum Gasteiger partial charge on any atom is 0.272 e. The van der Waals surface area contributed by atoms with Gasteiger partial charge < -0.3 is 29.9 Å². The van der Waals surface area contributed by atoms with E-state index in [0.29, 0.717) is 50.5 Å². The van der Waals surface area contributed by atoms with Crippen molar-refractivity contribution in [3.05, 3.63) is 171 Å². The molecule has 8 aromatic rings. The van der Waals surface area contributed by atoms with Gasteiger partial charge in [-0.25, -0.2) is 9.97 Å². The number of pyridine rings is 1. The van der Waals surface area contributed by atoms with Crippen molar-refractivity contribution in [3.63, 3.8) is 0 Å². The summed E-state index contributed by atoms with van der Waals surface area (Å²) in [5, 5.41) is 43.7. The van der Waals surface area contributed by atoms with Gasteiger partial charge in [0, 0.05) is 28.8 Å². The van der Waals surface area contributed by atoms with Crippen LogP contribution in [0.2, 0.25) is 0 Å². The lowest BCUT2D eigenvalue weighted by Crippen LogP contribution is -2.32. The second kappa shape index (κ2) is 15.8. The highest BCUT2D eigenvalue weighted by Crippen LogP contribution is 2.34. The molecule has 0 amide bonds. The van der Waals surface area contributed by atoms with Crippen LogP contribution in [-0.2, 0) is 6.61 Å². The molecular weight excluding hydrogens is 751 g/mol. The molecule has 59 heavy (non-hydrogen) atoms. The molecule has 4 N–H and O–H groups in total. The summed E-state index contributed by atoms with van der Waals surface area (Å²) >= 11 is 0. The van der Waals surface area contributed by atoms with Gasteiger partial charge in [-0.05, 0) is 60.7 Å². The zero-order chi connectivity index (χ0) is 41.2. The number of ether oxygens (including phenoxy) is 2. The van der Waals surface area contributed by atoms with Gasteiger partial charge in [0.25, 0.3) is 11.1 Å². The lowest BCUT2D eigenvalue weighted by atomic mass is 10.1. The number of para-hydroxylation sites is 4. The molecule has 0 saturated carbocycles. The maximum atomic E-state index is 14.4. The van der Waals surface area contributed by atoms with E-state index in [0.717, 1.165) is 0 Å². The Labute approximate surface area is 336 Å². The Kier molecular flexibility index (Phi) is 10.2. The maximum absolute atomic E-state index is 14.4. The summed E-state index contributed by atoms with van der Waals surface area (Å²) in [6.07, 6.45) is 9.75. The highest BCUT2D eigenvalue weighted by atomic mass is 16.5. The number of benzene rings is 5. The van der Waals surface area contributed by atoms with Crippen molar-refractivity contribution in [2.75, 3.05) is 14.2 Å². The van der Waals surface area contributed by atoms with Crippen LogP contribution >= 0.6 is 0 Å². The number of phenols is 3. The van der Waals surface area contributed by atoms with Crippen molar-refractivity contribution < 1.29 is 34.5 Å². The number of aliphatic hydroxyl groups is 1. The predicted molar refractivity (Wildman–Crippen MR) is 225 cm³/mol. The van der Waals surface area contributed by atoms with E-state index in [4.69, 9.17) is 19.4 Å². The van der Waals surface area contributed by atoms with Crippen LogP contribution in [0.15, 0.2) is 131 Å². The molecule has 0 spiro atoms. The van der Waals surface area contributed by atoms with Gasteiger partial charge in [-0.2, -0.15) is 4.57 Å². The lowest BCUT2D eigenvalue weighted by Gasteiger charge is -2.16. The zero-order valence-corrected chi connectivity index (χ0v) is 31.7. The van der Waals surface area contributed by atoms with Crippen LogP contribution in [-0.4, -0.2) is 53.7 Å². The van der Waals surface area contributed by atoms with E-state index < -0.39 is 12.2 Å². The number of rotatable bonds is 10. The summed E-state index contributed by atoms with van der Waals surface area (Å²) in [5.41, 5.74) is 2.20. The van der Waals surface area contributed by atoms with Crippen LogP contribution in [0.5, 0.6) is 28.7 Å². The number of aromatic nitrogens is 5. The fourth-order valence-corrected chi connectivity index (χ4v) is 6.90. The molecule has 8 rings (SSSR count). The quantitative estimate of drug-likeness (QED) is 0.115. The molecule has 0 aliphatic rings. The Balaban J connectivity index is 1.26. The normalized spacial score (nSPS) is 11.6. The summed E-state index contributed by atoms with van der Waals surface area (Å²) in [6, 6.07) is 30.5. The third-order valence-electron chi connectivity index (χ3n) is 9.82. The monoisotopic (exact) mass is 786 g/mol. The van der Waals surface area contributed by atoms with E-state index >= 15 is 0 Å². The Bertz CT molecular complexity index is 3100. The van der Waals surface area contributed by atoms with Crippen LogP contribution in [0.1, 0.15) is 28.3 Å². The molecule has 0 aliphatic heterocycles. The van der Waals surface area contributed by atoms with Gasteiger partial charge >= 0.3 is 0 Å².